The highest BCUT2D eigenvalue weighted by molar-refractivity contribution is 4.47. The van der Waals surface area contributed by atoms with Crippen LogP contribution in [0.15, 0.2) is 0 Å². The summed E-state index contributed by atoms with van der Waals surface area (Å²) in [5.41, 5.74) is 0. The largest absolute Gasteiger partial charge is 0.385 e. The van der Waals surface area contributed by atoms with Crippen molar-refractivity contribution in [2.75, 3.05) is 27.9 Å². The third-order valence-corrected chi connectivity index (χ3v) is 2.63. The van der Waals surface area contributed by atoms with Gasteiger partial charge >= 0.3 is 0 Å². The van der Waals surface area contributed by atoms with Crippen molar-refractivity contribution in [1.29, 1.82) is 0 Å². The van der Waals surface area contributed by atoms with Gasteiger partial charge in [-0.15, -0.1) is 0 Å². The lowest BCUT2D eigenvalue weighted by Crippen LogP contribution is -2.05. The van der Waals surface area contributed by atoms with Crippen LogP contribution in [0.3, 0.4) is 0 Å². The fourth-order valence-corrected chi connectivity index (χ4v) is 0.993. The summed E-state index contributed by atoms with van der Waals surface area (Å²) in [6.07, 6.45) is 5.41. The monoisotopic (exact) mass is 264 g/mol. The van der Waals surface area contributed by atoms with E-state index in [-0.39, 0.29) is 0 Å². The van der Waals surface area contributed by atoms with E-state index < -0.39 is 0 Å². The fourth-order valence-electron chi connectivity index (χ4n) is 0.993. The molecule has 3 heteroatoms. The average Bonchev–Trinajstić information content (AvgIpc) is 2.42. The molecule has 0 aliphatic rings. The Kier molecular flexibility index (Phi) is 28.2. The quantitative estimate of drug-likeness (QED) is 0.686. The minimum atomic E-state index is 0.435. The Morgan fingerprint density at radius 1 is 0.778 bits per heavy atom. The maximum atomic E-state index is 5.05. The molecule has 114 valence electrons. The predicted molar refractivity (Wildman–Crippen MR) is 80.3 cm³/mol. The van der Waals surface area contributed by atoms with Gasteiger partial charge in [-0.05, 0) is 32.6 Å². The van der Waals surface area contributed by atoms with E-state index in [1.807, 2.05) is 0 Å². The van der Waals surface area contributed by atoms with Crippen LogP contribution >= 0.6 is 0 Å². The first-order valence-corrected chi connectivity index (χ1v) is 7.12. The van der Waals surface area contributed by atoms with E-state index in [1.54, 1.807) is 21.3 Å². The molecule has 0 saturated carbocycles. The molecule has 3 nitrogen and oxygen atoms in total. The van der Waals surface area contributed by atoms with Crippen molar-refractivity contribution in [2.24, 2.45) is 0 Å². The van der Waals surface area contributed by atoms with Gasteiger partial charge in [0.1, 0.15) is 0 Å². The highest BCUT2D eigenvalue weighted by atomic mass is 16.5. The van der Waals surface area contributed by atoms with Crippen molar-refractivity contribution in [3.05, 3.63) is 0 Å². The topological polar surface area (TPSA) is 27.7 Å². The fraction of sp³-hybridized carbons (Fsp3) is 1.00. The zero-order valence-corrected chi connectivity index (χ0v) is 13.9. The maximum absolute atomic E-state index is 5.05. The van der Waals surface area contributed by atoms with Crippen molar-refractivity contribution < 1.29 is 14.2 Å². The Bertz CT molecular complexity index is 103. The Balaban J connectivity index is -0.000000190. The zero-order valence-electron chi connectivity index (χ0n) is 13.9. The van der Waals surface area contributed by atoms with Gasteiger partial charge in [-0.25, -0.2) is 0 Å². The highest BCUT2D eigenvalue weighted by Gasteiger charge is 1.96. The molecule has 0 aromatic rings. The summed E-state index contributed by atoms with van der Waals surface area (Å²) in [6, 6.07) is 0. The third-order valence-electron chi connectivity index (χ3n) is 2.63. The van der Waals surface area contributed by atoms with Crippen LogP contribution in [-0.4, -0.2) is 40.1 Å². The molecule has 0 heterocycles. The number of hydrogen-bond donors (Lipinski definition) is 0. The van der Waals surface area contributed by atoms with Gasteiger partial charge in [0.15, 0.2) is 0 Å². The van der Waals surface area contributed by atoms with E-state index in [0.29, 0.717) is 12.2 Å². The SMILES string of the molecule is CCC(C)OC.CCC(CC)OC.CCCOC. The van der Waals surface area contributed by atoms with E-state index in [9.17, 15) is 0 Å². The Hall–Kier alpha value is -0.120. The highest BCUT2D eigenvalue weighted by Crippen LogP contribution is 1.98. The minimum absolute atomic E-state index is 0.435. The first kappa shape index (κ1) is 23.0. The molecular weight excluding hydrogens is 228 g/mol. The molecular formula is C15H36O3. The molecule has 1 atom stereocenters. The first-order chi connectivity index (χ1) is 8.57. The molecule has 0 aliphatic carbocycles. The molecule has 0 rings (SSSR count). The molecule has 0 N–H and O–H groups in total. The molecule has 0 saturated heterocycles. The summed E-state index contributed by atoms with van der Waals surface area (Å²) in [6.45, 7) is 11.4. The predicted octanol–water partition coefficient (Wildman–Crippen LogP) is 4.30. The second kappa shape index (κ2) is 22.1. The molecule has 0 aromatic heterocycles. The molecule has 1 unspecified atom stereocenters. The maximum Gasteiger partial charge on any atom is 0.0566 e. The van der Waals surface area contributed by atoms with Crippen LogP contribution in [0.1, 0.15) is 60.3 Å². The van der Waals surface area contributed by atoms with Crippen molar-refractivity contribution in [1.82, 2.24) is 0 Å². The number of rotatable bonds is 7. The molecule has 0 radical (unpaired) electrons. The van der Waals surface area contributed by atoms with Gasteiger partial charge in [-0.3, -0.25) is 0 Å². The molecule has 18 heavy (non-hydrogen) atoms. The first-order valence-electron chi connectivity index (χ1n) is 7.12. The van der Waals surface area contributed by atoms with Gasteiger partial charge in [0.25, 0.3) is 0 Å². The van der Waals surface area contributed by atoms with E-state index in [2.05, 4.69) is 34.6 Å². The van der Waals surface area contributed by atoms with E-state index in [4.69, 9.17) is 14.2 Å². The van der Waals surface area contributed by atoms with Crippen LogP contribution in [0, 0.1) is 0 Å². The van der Waals surface area contributed by atoms with E-state index >= 15 is 0 Å². The number of methoxy groups -OCH3 is 3. The molecule has 0 aromatic carbocycles. The summed E-state index contributed by atoms with van der Waals surface area (Å²) in [7, 11) is 5.20. The summed E-state index contributed by atoms with van der Waals surface area (Å²) in [4.78, 5) is 0. The molecule has 0 fully saturated rings. The normalized spacial score (nSPS) is 11.2. The van der Waals surface area contributed by atoms with Gasteiger partial charge in [0.2, 0.25) is 0 Å². The second-order valence-electron chi connectivity index (χ2n) is 4.12. The molecule has 0 aliphatic heterocycles. The zero-order chi connectivity index (χ0) is 14.8. The van der Waals surface area contributed by atoms with Gasteiger partial charge < -0.3 is 14.2 Å². The van der Waals surface area contributed by atoms with Crippen LogP contribution in [-0.2, 0) is 14.2 Å². The smallest absolute Gasteiger partial charge is 0.0566 e. The van der Waals surface area contributed by atoms with E-state index in [0.717, 1.165) is 32.3 Å². The van der Waals surface area contributed by atoms with Crippen LogP contribution in [0.25, 0.3) is 0 Å². The van der Waals surface area contributed by atoms with Gasteiger partial charge in [0, 0.05) is 27.9 Å². The molecule has 0 spiro atoms. The number of hydrogen-bond acceptors (Lipinski definition) is 3. The molecule has 0 bridgehead atoms. The van der Waals surface area contributed by atoms with Gasteiger partial charge in [-0.2, -0.15) is 0 Å². The van der Waals surface area contributed by atoms with Crippen molar-refractivity contribution in [3.8, 4) is 0 Å². The van der Waals surface area contributed by atoms with Crippen molar-refractivity contribution in [2.45, 2.75) is 72.5 Å². The summed E-state index contributed by atoms with van der Waals surface area (Å²) in [5.74, 6) is 0. The second-order valence-corrected chi connectivity index (χ2v) is 4.12. The standard InChI is InChI=1S/C6H14O.C5H12O.C4H10O/c1-4-6(5-2)7-3;1-4-5(2)6-3;1-3-4-5-2/h6H,4-5H2,1-3H3;5H,4H2,1-3H3;3-4H2,1-2H3. The summed E-state index contributed by atoms with van der Waals surface area (Å²) in [5, 5.41) is 0. The van der Waals surface area contributed by atoms with Crippen LogP contribution in [0.2, 0.25) is 0 Å². The van der Waals surface area contributed by atoms with Crippen LogP contribution < -0.4 is 0 Å². The Labute approximate surface area is 115 Å². The Morgan fingerprint density at radius 2 is 1.28 bits per heavy atom. The lowest BCUT2D eigenvalue weighted by atomic mass is 10.2. The lowest BCUT2D eigenvalue weighted by molar-refractivity contribution is 0.0964. The van der Waals surface area contributed by atoms with Crippen molar-refractivity contribution in [3.63, 3.8) is 0 Å². The summed E-state index contributed by atoms with van der Waals surface area (Å²) < 4.78 is 14.6. The van der Waals surface area contributed by atoms with Gasteiger partial charge in [0.05, 0.1) is 12.2 Å². The average molecular weight is 264 g/mol. The van der Waals surface area contributed by atoms with Gasteiger partial charge in [-0.1, -0.05) is 27.7 Å². The van der Waals surface area contributed by atoms with Crippen molar-refractivity contribution >= 4 is 0 Å². The lowest BCUT2D eigenvalue weighted by Gasteiger charge is -2.07. The van der Waals surface area contributed by atoms with E-state index in [1.165, 1.54) is 0 Å². The third kappa shape index (κ3) is 24.9. The minimum Gasteiger partial charge on any atom is -0.385 e. The summed E-state index contributed by atoms with van der Waals surface area (Å²) >= 11 is 0. The Morgan fingerprint density at radius 3 is 1.28 bits per heavy atom. The van der Waals surface area contributed by atoms with Crippen LogP contribution in [0.5, 0.6) is 0 Å². The van der Waals surface area contributed by atoms with Crippen LogP contribution in [0.4, 0.5) is 0 Å². The number of ether oxygens (including phenoxy) is 3. The molecule has 0 amide bonds.